The number of ether oxygens (including phenoxy) is 3. The molecule has 12 nitrogen and oxygen atoms in total. The average molecular weight is 604 g/mol. The van der Waals surface area contributed by atoms with Gasteiger partial charge in [0.25, 0.3) is 5.91 Å². The number of carbonyl (C=O) groups excluding carboxylic acids is 3. The third-order valence-corrected chi connectivity index (χ3v) is 7.63. The monoisotopic (exact) mass is 603 g/mol. The van der Waals surface area contributed by atoms with E-state index in [1.807, 2.05) is 42.8 Å². The number of aromatic nitrogens is 2. The lowest BCUT2D eigenvalue weighted by Crippen LogP contribution is -2.53. The molecule has 5 rings (SSSR count). The van der Waals surface area contributed by atoms with E-state index >= 15 is 0 Å². The number of hydrogen-bond donors (Lipinski definition) is 2. The summed E-state index contributed by atoms with van der Waals surface area (Å²) in [6.45, 7) is 6.07. The molecule has 2 N–H and O–H groups in total. The van der Waals surface area contributed by atoms with E-state index in [1.165, 1.54) is 4.90 Å². The number of nitrogens with one attached hydrogen (secondary N) is 2. The van der Waals surface area contributed by atoms with Gasteiger partial charge in [-0.1, -0.05) is 13.8 Å². The van der Waals surface area contributed by atoms with Crippen molar-refractivity contribution in [1.82, 2.24) is 25.1 Å². The molecule has 0 saturated carbocycles. The first kappa shape index (κ1) is 30.5. The van der Waals surface area contributed by atoms with Gasteiger partial charge >= 0.3 is 0 Å². The predicted octanol–water partition coefficient (Wildman–Crippen LogP) is 3.41. The number of rotatable bonds is 4. The van der Waals surface area contributed by atoms with E-state index in [0.29, 0.717) is 47.3 Å². The first-order chi connectivity index (χ1) is 21.2. The number of methoxy groups -OCH3 is 2. The van der Waals surface area contributed by atoms with Gasteiger partial charge in [-0.3, -0.25) is 14.4 Å². The molecule has 12 heteroatoms. The molecule has 0 saturated heterocycles. The molecule has 232 valence electrons. The molecule has 0 fully saturated rings. The van der Waals surface area contributed by atoms with Crippen molar-refractivity contribution in [2.24, 2.45) is 5.92 Å². The molecule has 1 aliphatic rings. The zero-order chi connectivity index (χ0) is 31.4. The number of fused-ring (bicyclic) bond motifs is 5. The molecule has 4 aromatic rings. The Morgan fingerprint density at radius 2 is 1.91 bits per heavy atom. The summed E-state index contributed by atoms with van der Waals surface area (Å²) in [6, 6.07) is 10.0. The largest absolute Gasteiger partial charge is 0.497 e. The highest BCUT2D eigenvalue weighted by Gasteiger charge is 2.29. The molecule has 3 amide bonds. The van der Waals surface area contributed by atoms with E-state index in [1.54, 1.807) is 45.5 Å². The van der Waals surface area contributed by atoms with Crippen LogP contribution in [0, 0.1) is 12.8 Å². The van der Waals surface area contributed by atoms with E-state index in [4.69, 9.17) is 18.6 Å². The number of carbonyl (C=O) groups is 3. The van der Waals surface area contributed by atoms with Gasteiger partial charge in [-0.15, -0.1) is 0 Å². The summed E-state index contributed by atoms with van der Waals surface area (Å²) >= 11 is 0. The molecule has 2 bridgehead atoms. The van der Waals surface area contributed by atoms with Crippen molar-refractivity contribution in [2.45, 2.75) is 33.4 Å². The summed E-state index contributed by atoms with van der Waals surface area (Å²) < 4.78 is 24.9. The van der Waals surface area contributed by atoms with Crippen LogP contribution in [-0.4, -0.2) is 78.7 Å². The summed E-state index contributed by atoms with van der Waals surface area (Å²) in [5, 5.41) is 6.50. The fourth-order valence-electron chi connectivity index (χ4n) is 5.21. The minimum atomic E-state index is -0.798. The van der Waals surface area contributed by atoms with Crippen LogP contribution in [0.25, 0.3) is 22.4 Å². The van der Waals surface area contributed by atoms with E-state index in [9.17, 15) is 14.4 Å². The highest BCUT2D eigenvalue weighted by atomic mass is 16.5. The fraction of sp³-hybridized carbons (Fsp3) is 0.375. The molecule has 0 aliphatic carbocycles. The van der Waals surface area contributed by atoms with Crippen LogP contribution in [0.15, 0.2) is 53.2 Å². The van der Waals surface area contributed by atoms with Gasteiger partial charge in [-0.25, -0.2) is 4.98 Å². The molecule has 3 heterocycles. The first-order valence-electron chi connectivity index (χ1n) is 14.5. The number of aryl methyl sites for hydroxylation is 1. The van der Waals surface area contributed by atoms with Crippen LogP contribution in [0.3, 0.4) is 0 Å². The Bertz CT molecular complexity index is 1670. The Kier molecular flexibility index (Phi) is 9.07. The maximum atomic E-state index is 13.9. The second kappa shape index (κ2) is 13.1. The van der Waals surface area contributed by atoms with Crippen LogP contribution in [-0.2, 0) is 16.1 Å². The zero-order valence-corrected chi connectivity index (χ0v) is 25.5. The summed E-state index contributed by atoms with van der Waals surface area (Å²) in [4.78, 5) is 46.3. The van der Waals surface area contributed by atoms with E-state index in [0.717, 1.165) is 10.9 Å². The second-order valence-corrected chi connectivity index (χ2v) is 10.9. The van der Waals surface area contributed by atoms with Crippen molar-refractivity contribution < 1.29 is 33.0 Å². The van der Waals surface area contributed by atoms with Crippen LogP contribution in [0.5, 0.6) is 17.2 Å². The van der Waals surface area contributed by atoms with E-state index < -0.39 is 17.9 Å². The minimum Gasteiger partial charge on any atom is -0.497 e. The van der Waals surface area contributed by atoms with Gasteiger partial charge in [0.05, 0.1) is 20.8 Å². The molecule has 0 spiro atoms. The highest BCUT2D eigenvalue weighted by molar-refractivity contribution is 6.00. The lowest BCUT2D eigenvalue weighted by Gasteiger charge is -2.25. The predicted molar refractivity (Wildman–Crippen MR) is 163 cm³/mol. The SMILES string of the molecule is COc1ccc2c(C)c(C(=O)N3CCOc4cc(ccc4OC)-c4nccn4CCNC(=O)[C@@H](C(C)C)NC(=O)C3)oc2c1. The number of amides is 3. The summed E-state index contributed by atoms with van der Waals surface area (Å²) in [5.74, 6) is 0.889. The van der Waals surface area contributed by atoms with Crippen LogP contribution >= 0.6 is 0 Å². The van der Waals surface area contributed by atoms with Crippen molar-refractivity contribution in [2.75, 3.05) is 40.5 Å². The molecule has 2 aromatic carbocycles. The zero-order valence-electron chi connectivity index (χ0n) is 25.5. The Hall–Kier alpha value is -5.00. The Morgan fingerprint density at radius 3 is 2.66 bits per heavy atom. The molecule has 44 heavy (non-hydrogen) atoms. The normalized spacial score (nSPS) is 16.5. The molecule has 1 aliphatic heterocycles. The van der Waals surface area contributed by atoms with Gasteiger partial charge in [0.1, 0.15) is 36.4 Å². The van der Waals surface area contributed by atoms with Crippen molar-refractivity contribution in [1.29, 1.82) is 0 Å². The minimum absolute atomic E-state index is 0.0482. The van der Waals surface area contributed by atoms with Crippen LogP contribution < -0.4 is 24.8 Å². The van der Waals surface area contributed by atoms with Crippen LogP contribution in [0.2, 0.25) is 0 Å². The standard InChI is InChI=1S/C32H37N5O7/c1-19(2)28-31(39)34-11-13-36-12-10-33-30(36)21-6-9-24(42-5)26(16-21)43-15-14-37(18-27(38)35-28)32(40)29-20(3)23-8-7-22(41-4)17-25(23)44-29/h6-10,12,16-17,19,28H,11,13-15,18H2,1-5H3,(H,34,39)(H,35,38)/t28-/m1/s1. The third-order valence-electron chi connectivity index (χ3n) is 7.63. The number of benzene rings is 2. The van der Waals surface area contributed by atoms with Crippen molar-refractivity contribution in [3.8, 4) is 28.6 Å². The molecule has 2 aromatic heterocycles. The quantitative estimate of drug-likeness (QED) is 0.362. The fourth-order valence-corrected chi connectivity index (χ4v) is 5.21. The smallest absolute Gasteiger partial charge is 0.290 e. The Morgan fingerprint density at radius 1 is 1.09 bits per heavy atom. The van der Waals surface area contributed by atoms with Gasteiger partial charge in [0, 0.05) is 48.1 Å². The molecular weight excluding hydrogens is 566 g/mol. The maximum Gasteiger partial charge on any atom is 0.290 e. The topological polar surface area (TPSA) is 137 Å². The van der Waals surface area contributed by atoms with Gasteiger partial charge in [0.2, 0.25) is 11.8 Å². The summed E-state index contributed by atoms with van der Waals surface area (Å²) in [7, 11) is 3.10. The number of furan rings is 1. The van der Waals surface area contributed by atoms with Gasteiger partial charge in [-0.05, 0) is 43.2 Å². The Balaban J connectivity index is 1.49. The molecule has 1 atom stereocenters. The van der Waals surface area contributed by atoms with E-state index in [2.05, 4.69) is 15.6 Å². The van der Waals surface area contributed by atoms with Gasteiger partial charge in [-0.2, -0.15) is 0 Å². The lowest BCUT2D eigenvalue weighted by atomic mass is 10.0. The van der Waals surface area contributed by atoms with Crippen molar-refractivity contribution in [3.05, 3.63) is 60.1 Å². The summed E-state index contributed by atoms with van der Waals surface area (Å²) in [6.07, 6.45) is 3.53. The Labute approximate surface area is 255 Å². The van der Waals surface area contributed by atoms with Crippen molar-refractivity contribution in [3.63, 3.8) is 0 Å². The second-order valence-electron chi connectivity index (χ2n) is 10.9. The lowest BCUT2D eigenvalue weighted by molar-refractivity contribution is -0.130. The highest BCUT2D eigenvalue weighted by Crippen LogP contribution is 2.33. The average Bonchev–Trinajstić information content (AvgIpc) is 3.62. The molecule has 0 unspecified atom stereocenters. The van der Waals surface area contributed by atoms with Crippen LogP contribution in [0.4, 0.5) is 0 Å². The molecule has 0 radical (unpaired) electrons. The van der Waals surface area contributed by atoms with E-state index in [-0.39, 0.29) is 37.3 Å². The van der Waals surface area contributed by atoms with Crippen molar-refractivity contribution >= 4 is 28.7 Å². The maximum absolute atomic E-state index is 13.9. The number of nitrogens with zero attached hydrogens (tertiary/aromatic N) is 3. The summed E-state index contributed by atoms with van der Waals surface area (Å²) in [5.41, 5.74) is 1.93. The number of hydrogen-bond acceptors (Lipinski definition) is 8. The number of imidazole rings is 1. The van der Waals surface area contributed by atoms with Gasteiger partial charge < -0.3 is 38.7 Å². The van der Waals surface area contributed by atoms with Gasteiger partial charge in [0.15, 0.2) is 17.3 Å². The molecular formula is C32H37N5O7. The first-order valence-corrected chi connectivity index (χ1v) is 14.5. The van der Waals surface area contributed by atoms with Crippen LogP contribution in [0.1, 0.15) is 30.0 Å². The third kappa shape index (κ3) is 6.34.